The summed E-state index contributed by atoms with van der Waals surface area (Å²) in [6, 6.07) is 39.7. The molecule has 0 fully saturated rings. The van der Waals surface area contributed by atoms with E-state index < -0.39 is 0 Å². The third-order valence-electron chi connectivity index (χ3n) is 12.7. The van der Waals surface area contributed by atoms with Crippen LogP contribution in [-0.4, -0.2) is 11.3 Å². The van der Waals surface area contributed by atoms with Gasteiger partial charge in [0.05, 0.1) is 21.4 Å². The number of furan rings is 1. The van der Waals surface area contributed by atoms with E-state index in [-0.39, 0.29) is 23.0 Å². The molecule has 0 N–H and O–H groups in total. The molecule has 0 spiro atoms. The maximum atomic E-state index is 7.02. The minimum Gasteiger partial charge on any atom is -0.454 e. The number of aromatic nitrogens is 1. The lowest BCUT2D eigenvalue weighted by atomic mass is 9.33. The molecule has 0 unspecified atom stereocenters. The number of anilines is 3. The first-order valence-electron chi connectivity index (χ1n) is 20.1. The van der Waals surface area contributed by atoms with Crippen molar-refractivity contribution in [2.75, 3.05) is 4.90 Å². The van der Waals surface area contributed by atoms with Crippen LogP contribution in [0.1, 0.15) is 84.6 Å². The zero-order valence-electron chi connectivity index (χ0n) is 34.1. The Morgan fingerprint density at radius 3 is 2.00 bits per heavy atom. The third-order valence-corrected chi connectivity index (χ3v) is 13.9. The van der Waals surface area contributed by atoms with Crippen LogP contribution in [0.25, 0.3) is 58.8 Å². The molecule has 9 aromatic rings. The smallest absolute Gasteiger partial charge is 0.252 e. The monoisotopic (exact) mass is 746 g/mol. The number of nitrogens with zero attached hydrogens (tertiary/aromatic N) is 2. The fraction of sp³-hybridized carbons (Fsp3) is 0.255. The van der Waals surface area contributed by atoms with Crippen molar-refractivity contribution in [2.24, 2.45) is 0 Å². The Labute approximate surface area is 333 Å². The highest BCUT2D eigenvalue weighted by atomic mass is 32.1. The summed E-state index contributed by atoms with van der Waals surface area (Å²) < 4.78 is 12.4. The highest BCUT2D eigenvalue weighted by Gasteiger charge is 2.44. The van der Waals surface area contributed by atoms with Crippen LogP contribution in [0, 0.1) is 6.92 Å². The Morgan fingerprint density at radius 2 is 1.23 bits per heavy atom. The second-order valence-corrected chi connectivity index (χ2v) is 20.6. The minimum absolute atomic E-state index is 0.0183. The van der Waals surface area contributed by atoms with E-state index in [1.165, 1.54) is 86.9 Å². The Balaban J connectivity index is 1.30. The lowest BCUT2D eigenvalue weighted by molar-refractivity contribution is 0.587. The molecule has 0 saturated carbocycles. The first kappa shape index (κ1) is 34.0. The van der Waals surface area contributed by atoms with Gasteiger partial charge in [-0.2, -0.15) is 0 Å². The quantitative estimate of drug-likeness (QED) is 0.156. The van der Waals surface area contributed by atoms with E-state index in [9.17, 15) is 0 Å². The average Bonchev–Trinajstić information content (AvgIpc) is 3.81. The van der Waals surface area contributed by atoms with E-state index in [0.717, 1.165) is 27.6 Å². The van der Waals surface area contributed by atoms with Gasteiger partial charge in [-0.3, -0.25) is 0 Å². The van der Waals surface area contributed by atoms with E-state index in [0.29, 0.717) is 0 Å². The summed E-state index contributed by atoms with van der Waals surface area (Å²) in [5.74, 6) is 0. The lowest BCUT2D eigenvalue weighted by Gasteiger charge is -2.41. The number of fused-ring (bicyclic) bond motifs is 12. The number of thiophene rings is 1. The predicted octanol–water partition coefficient (Wildman–Crippen LogP) is 12.7. The molecule has 5 heterocycles. The Bertz CT molecular complexity index is 3170. The molecular formula is C51H47BN2OS. The zero-order valence-corrected chi connectivity index (χ0v) is 34.9. The number of hydrogen-bond acceptors (Lipinski definition) is 3. The van der Waals surface area contributed by atoms with E-state index in [1.807, 2.05) is 11.3 Å². The molecule has 0 aliphatic carbocycles. The van der Waals surface area contributed by atoms with Gasteiger partial charge in [0.2, 0.25) is 0 Å². The van der Waals surface area contributed by atoms with Crippen LogP contribution in [0.15, 0.2) is 108 Å². The van der Waals surface area contributed by atoms with Gasteiger partial charge in [-0.15, -0.1) is 11.3 Å². The normalized spacial score (nSPS) is 14.2. The molecule has 5 heteroatoms. The fourth-order valence-electron chi connectivity index (χ4n) is 9.69. The first-order chi connectivity index (χ1) is 26.6. The number of hydrogen-bond donors (Lipinski definition) is 0. The van der Waals surface area contributed by atoms with Crippen LogP contribution in [0.5, 0.6) is 0 Å². The molecule has 56 heavy (non-hydrogen) atoms. The summed E-state index contributed by atoms with van der Waals surface area (Å²) in [5.41, 5.74) is 18.7. The van der Waals surface area contributed by atoms with E-state index in [4.69, 9.17) is 4.42 Å². The molecule has 0 radical (unpaired) electrons. The zero-order chi connectivity index (χ0) is 38.8. The van der Waals surface area contributed by atoms with Gasteiger partial charge < -0.3 is 13.9 Å². The van der Waals surface area contributed by atoms with Crippen LogP contribution in [-0.2, 0) is 16.2 Å². The van der Waals surface area contributed by atoms with Crippen molar-refractivity contribution in [3.8, 4) is 5.69 Å². The molecule has 276 valence electrons. The summed E-state index contributed by atoms with van der Waals surface area (Å²) >= 11 is 1.94. The Kier molecular flexibility index (Phi) is 6.67. The van der Waals surface area contributed by atoms with Gasteiger partial charge >= 0.3 is 0 Å². The fourth-order valence-corrected chi connectivity index (χ4v) is 10.9. The van der Waals surface area contributed by atoms with E-state index >= 15 is 0 Å². The van der Waals surface area contributed by atoms with Crippen molar-refractivity contribution in [3.05, 3.63) is 125 Å². The van der Waals surface area contributed by atoms with Crippen molar-refractivity contribution in [2.45, 2.75) is 85.5 Å². The Morgan fingerprint density at radius 1 is 0.536 bits per heavy atom. The summed E-state index contributed by atoms with van der Waals surface area (Å²) in [5, 5.41) is 5.00. The van der Waals surface area contributed by atoms with Gasteiger partial charge in [0, 0.05) is 43.3 Å². The second kappa shape index (κ2) is 11.0. The largest absolute Gasteiger partial charge is 0.454 e. The topological polar surface area (TPSA) is 21.3 Å². The molecule has 2 aliphatic heterocycles. The van der Waals surface area contributed by atoms with Crippen molar-refractivity contribution in [1.29, 1.82) is 0 Å². The summed E-state index contributed by atoms with van der Waals surface area (Å²) in [6.45, 7) is 23.2. The van der Waals surface area contributed by atoms with Gasteiger partial charge in [-0.1, -0.05) is 123 Å². The number of para-hydroxylation sites is 1. The molecule has 6 aromatic carbocycles. The van der Waals surface area contributed by atoms with E-state index in [2.05, 4.69) is 182 Å². The molecule has 0 bridgehead atoms. The standard InChI is InChI=1S/C51H47BN2OS/c1-28-22-40-44-41(23-28)54-45-35(48-46(54)34-14-11-12-17-43(34)56-48)24-31(51(8,9)10)25-37(45)52(44)36-21-19-29(49(2,3)4)26-39(36)53(40)38-16-13-15-33-32-20-18-30(50(5,6)7)27-42(32)55-47(33)38/h11-27H,1-10H3. The molecule has 0 atom stereocenters. The summed E-state index contributed by atoms with van der Waals surface area (Å²) in [6.07, 6.45) is 0. The summed E-state index contributed by atoms with van der Waals surface area (Å²) in [4.78, 5) is 2.55. The van der Waals surface area contributed by atoms with Gasteiger partial charge in [0.15, 0.2) is 5.58 Å². The van der Waals surface area contributed by atoms with Crippen molar-refractivity contribution >= 4 is 105 Å². The van der Waals surface area contributed by atoms with Crippen molar-refractivity contribution < 1.29 is 4.42 Å². The molecule has 11 rings (SSSR count). The van der Waals surface area contributed by atoms with Crippen molar-refractivity contribution in [3.63, 3.8) is 0 Å². The molecular weight excluding hydrogens is 699 g/mol. The molecule has 0 amide bonds. The maximum absolute atomic E-state index is 7.02. The average molecular weight is 747 g/mol. The molecule has 3 aromatic heterocycles. The first-order valence-corrected chi connectivity index (χ1v) is 20.9. The SMILES string of the molecule is Cc1cc2c3c(c1)-n1c4c(cc(C(C)(C)C)cc4c4sc5ccccc5c41)B3c1ccc(C(C)(C)C)cc1N2c1cccc2c1oc1cc(C(C)(C)C)ccc12. The van der Waals surface area contributed by atoms with Crippen LogP contribution in [0.3, 0.4) is 0 Å². The summed E-state index contributed by atoms with van der Waals surface area (Å²) in [7, 11) is 0. The van der Waals surface area contributed by atoms with Gasteiger partial charge in [-0.25, -0.2) is 0 Å². The number of benzene rings is 6. The van der Waals surface area contributed by atoms with Gasteiger partial charge in [0.1, 0.15) is 5.58 Å². The lowest BCUT2D eigenvalue weighted by Crippen LogP contribution is -2.60. The maximum Gasteiger partial charge on any atom is 0.252 e. The van der Waals surface area contributed by atoms with Crippen LogP contribution in [0.4, 0.5) is 17.1 Å². The highest BCUT2D eigenvalue weighted by Crippen LogP contribution is 2.49. The molecule has 0 saturated heterocycles. The van der Waals surface area contributed by atoms with Crippen molar-refractivity contribution in [1.82, 2.24) is 4.57 Å². The minimum atomic E-state index is -0.0282. The highest BCUT2D eigenvalue weighted by molar-refractivity contribution is 7.26. The third kappa shape index (κ3) is 4.58. The van der Waals surface area contributed by atoms with Crippen LogP contribution >= 0.6 is 11.3 Å². The van der Waals surface area contributed by atoms with E-state index in [1.54, 1.807) is 0 Å². The van der Waals surface area contributed by atoms with Gasteiger partial charge in [-0.05, 0) is 104 Å². The number of aryl methyl sites for hydroxylation is 1. The predicted molar refractivity (Wildman–Crippen MR) is 244 cm³/mol. The van der Waals surface area contributed by atoms with Gasteiger partial charge in [0.25, 0.3) is 6.71 Å². The second-order valence-electron chi connectivity index (χ2n) is 19.5. The van der Waals surface area contributed by atoms with Crippen LogP contribution in [0.2, 0.25) is 0 Å². The molecule has 2 aliphatic rings. The van der Waals surface area contributed by atoms with Crippen LogP contribution < -0.4 is 21.3 Å². The Hall–Kier alpha value is -5.26. The number of rotatable bonds is 1. The molecule has 3 nitrogen and oxygen atoms in total.